The van der Waals surface area contributed by atoms with Gasteiger partial charge in [-0.25, -0.2) is 0 Å². The number of halogens is 2. The van der Waals surface area contributed by atoms with Crippen molar-refractivity contribution in [3.63, 3.8) is 0 Å². The SMILES string of the molecule is CN1CCC(C(=O)NCC2CCCN2)CC1.Cl.Cl. The highest BCUT2D eigenvalue weighted by atomic mass is 35.5. The first-order chi connectivity index (χ1) is 7.75. The Bertz CT molecular complexity index is 239. The number of nitrogens with one attached hydrogen (secondary N) is 2. The third-order valence-corrected chi connectivity index (χ3v) is 3.77. The van der Waals surface area contributed by atoms with Gasteiger partial charge in [0.05, 0.1) is 0 Å². The third kappa shape index (κ3) is 5.31. The molecule has 2 rings (SSSR count). The van der Waals surface area contributed by atoms with Crippen LogP contribution in [0, 0.1) is 5.92 Å². The van der Waals surface area contributed by atoms with Crippen molar-refractivity contribution in [2.24, 2.45) is 5.92 Å². The molecule has 6 heteroatoms. The summed E-state index contributed by atoms with van der Waals surface area (Å²) in [6, 6.07) is 0.509. The molecule has 2 fully saturated rings. The third-order valence-electron chi connectivity index (χ3n) is 3.77. The van der Waals surface area contributed by atoms with Crippen LogP contribution >= 0.6 is 24.8 Å². The summed E-state index contributed by atoms with van der Waals surface area (Å²) in [4.78, 5) is 14.2. The number of piperidine rings is 1. The van der Waals surface area contributed by atoms with Crippen molar-refractivity contribution >= 4 is 30.7 Å². The van der Waals surface area contributed by atoms with Crippen LogP contribution in [0.3, 0.4) is 0 Å². The Balaban J connectivity index is 0.00000144. The summed E-state index contributed by atoms with van der Waals surface area (Å²) >= 11 is 0. The summed E-state index contributed by atoms with van der Waals surface area (Å²) in [5, 5.41) is 6.49. The molecule has 0 aliphatic carbocycles. The molecule has 0 aromatic rings. The van der Waals surface area contributed by atoms with Gasteiger partial charge < -0.3 is 15.5 Å². The van der Waals surface area contributed by atoms with Crippen LogP contribution in [0.1, 0.15) is 25.7 Å². The van der Waals surface area contributed by atoms with Crippen molar-refractivity contribution in [3.8, 4) is 0 Å². The number of amides is 1. The highest BCUT2D eigenvalue weighted by molar-refractivity contribution is 5.85. The van der Waals surface area contributed by atoms with Crippen LogP contribution in [-0.4, -0.2) is 50.1 Å². The first kappa shape index (κ1) is 18.0. The first-order valence-corrected chi connectivity index (χ1v) is 6.45. The van der Waals surface area contributed by atoms with E-state index in [0.29, 0.717) is 6.04 Å². The van der Waals surface area contributed by atoms with E-state index in [1.165, 1.54) is 12.8 Å². The molecular weight excluding hydrogens is 273 g/mol. The second-order valence-electron chi connectivity index (χ2n) is 5.12. The lowest BCUT2D eigenvalue weighted by molar-refractivity contribution is -0.126. The fourth-order valence-electron chi connectivity index (χ4n) is 2.57. The Morgan fingerprint density at radius 3 is 2.50 bits per heavy atom. The number of likely N-dealkylation sites (tertiary alicyclic amines) is 1. The Kier molecular flexibility index (Phi) is 8.95. The normalized spacial score (nSPS) is 25.1. The van der Waals surface area contributed by atoms with E-state index in [2.05, 4.69) is 22.6 Å². The number of carbonyl (C=O) groups is 1. The molecule has 108 valence electrons. The fourth-order valence-corrected chi connectivity index (χ4v) is 2.57. The molecule has 4 nitrogen and oxygen atoms in total. The zero-order valence-corrected chi connectivity index (χ0v) is 12.6. The largest absolute Gasteiger partial charge is 0.354 e. The van der Waals surface area contributed by atoms with E-state index < -0.39 is 0 Å². The minimum atomic E-state index is 0. The highest BCUT2D eigenvalue weighted by Gasteiger charge is 2.24. The predicted octanol–water partition coefficient (Wildman–Crippen LogP) is 1.04. The lowest BCUT2D eigenvalue weighted by Gasteiger charge is -2.28. The Morgan fingerprint density at radius 2 is 1.94 bits per heavy atom. The quantitative estimate of drug-likeness (QED) is 0.818. The van der Waals surface area contributed by atoms with Crippen LogP contribution in [0.4, 0.5) is 0 Å². The lowest BCUT2D eigenvalue weighted by atomic mass is 9.96. The molecule has 18 heavy (non-hydrogen) atoms. The molecule has 0 bridgehead atoms. The zero-order valence-electron chi connectivity index (χ0n) is 11.0. The molecule has 1 amide bonds. The van der Waals surface area contributed by atoms with Crippen molar-refractivity contribution in [1.82, 2.24) is 15.5 Å². The average Bonchev–Trinajstić information content (AvgIpc) is 2.80. The highest BCUT2D eigenvalue weighted by Crippen LogP contribution is 2.16. The van der Waals surface area contributed by atoms with Crippen LogP contribution in [-0.2, 0) is 4.79 Å². The smallest absolute Gasteiger partial charge is 0.223 e. The van der Waals surface area contributed by atoms with Crippen molar-refractivity contribution < 1.29 is 4.79 Å². The number of hydrogen-bond acceptors (Lipinski definition) is 3. The second kappa shape index (κ2) is 8.97. The molecule has 2 heterocycles. The molecule has 0 radical (unpaired) electrons. The van der Waals surface area contributed by atoms with Gasteiger partial charge in [-0.2, -0.15) is 0 Å². The number of carbonyl (C=O) groups excluding carboxylic acids is 1. The van der Waals surface area contributed by atoms with Gasteiger partial charge in [0.25, 0.3) is 0 Å². The van der Waals surface area contributed by atoms with E-state index in [1.807, 2.05) is 0 Å². The standard InChI is InChI=1S/C12H23N3O.2ClH/c1-15-7-4-10(5-8-15)12(16)14-9-11-3-2-6-13-11;;/h10-11,13H,2-9H2,1H3,(H,14,16);2*1H. The molecule has 1 atom stereocenters. The van der Waals surface area contributed by atoms with Crippen molar-refractivity contribution in [1.29, 1.82) is 0 Å². The van der Waals surface area contributed by atoms with Gasteiger partial charge in [0.1, 0.15) is 0 Å². The summed E-state index contributed by atoms with van der Waals surface area (Å²) < 4.78 is 0. The molecule has 1 unspecified atom stereocenters. The topological polar surface area (TPSA) is 44.4 Å². The number of hydrogen-bond donors (Lipinski definition) is 2. The van der Waals surface area contributed by atoms with Gasteiger partial charge in [0, 0.05) is 18.5 Å². The molecule has 0 aromatic carbocycles. The maximum absolute atomic E-state index is 11.9. The van der Waals surface area contributed by atoms with E-state index in [9.17, 15) is 4.79 Å². The Labute approximate surface area is 122 Å². The molecule has 2 aliphatic rings. The molecule has 0 spiro atoms. The van der Waals surface area contributed by atoms with Crippen molar-refractivity contribution in [3.05, 3.63) is 0 Å². The number of nitrogens with zero attached hydrogens (tertiary/aromatic N) is 1. The Morgan fingerprint density at radius 1 is 1.28 bits per heavy atom. The van der Waals surface area contributed by atoms with Gasteiger partial charge in [0.2, 0.25) is 5.91 Å². The first-order valence-electron chi connectivity index (χ1n) is 6.45. The van der Waals surface area contributed by atoms with E-state index in [0.717, 1.165) is 39.0 Å². The van der Waals surface area contributed by atoms with E-state index in [4.69, 9.17) is 0 Å². The number of rotatable bonds is 3. The summed E-state index contributed by atoms with van der Waals surface area (Å²) in [5.41, 5.74) is 0. The average molecular weight is 298 g/mol. The fraction of sp³-hybridized carbons (Fsp3) is 0.917. The van der Waals surface area contributed by atoms with Crippen LogP contribution in [0.5, 0.6) is 0 Å². The second-order valence-corrected chi connectivity index (χ2v) is 5.12. The van der Waals surface area contributed by atoms with Crippen LogP contribution in [0.15, 0.2) is 0 Å². The van der Waals surface area contributed by atoms with E-state index >= 15 is 0 Å². The molecule has 0 aromatic heterocycles. The van der Waals surface area contributed by atoms with Gasteiger partial charge >= 0.3 is 0 Å². The summed E-state index contributed by atoms with van der Waals surface area (Å²) in [5.74, 6) is 0.513. The molecule has 2 N–H and O–H groups in total. The van der Waals surface area contributed by atoms with Gasteiger partial charge in [0.15, 0.2) is 0 Å². The Hall–Kier alpha value is -0.0300. The predicted molar refractivity (Wildman–Crippen MR) is 78.8 cm³/mol. The summed E-state index contributed by atoms with van der Waals surface area (Å²) in [6.45, 7) is 4.03. The summed E-state index contributed by atoms with van der Waals surface area (Å²) in [6.07, 6.45) is 4.48. The van der Waals surface area contributed by atoms with E-state index in [-0.39, 0.29) is 36.6 Å². The van der Waals surface area contributed by atoms with Gasteiger partial charge in [-0.1, -0.05) is 0 Å². The van der Waals surface area contributed by atoms with Crippen LogP contribution < -0.4 is 10.6 Å². The van der Waals surface area contributed by atoms with Crippen molar-refractivity contribution in [2.45, 2.75) is 31.7 Å². The van der Waals surface area contributed by atoms with Gasteiger partial charge in [-0.3, -0.25) is 4.79 Å². The van der Waals surface area contributed by atoms with Crippen LogP contribution in [0.2, 0.25) is 0 Å². The van der Waals surface area contributed by atoms with E-state index in [1.54, 1.807) is 0 Å². The summed E-state index contributed by atoms with van der Waals surface area (Å²) in [7, 11) is 2.12. The van der Waals surface area contributed by atoms with Crippen LogP contribution in [0.25, 0.3) is 0 Å². The molecular formula is C12H25Cl2N3O. The minimum absolute atomic E-state index is 0. The van der Waals surface area contributed by atoms with Gasteiger partial charge in [-0.15, -0.1) is 24.8 Å². The minimum Gasteiger partial charge on any atom is -0.354 e. The van der Waals surface area contributed by atoms with Crippen molar-refractivity contribution in [2.75, 3.05) is 33.2 Å². The monoisotopic (exact) mass is 297 g/mol. The molecule has 0 saturated carbocycles. The van der Waals surface area contributed by atoms with Gasteiger partial charge in [-0.05, 0) is 52.4 Å². The maximum Gasteiger partial charge on any atom is 0.223 e. The molecule has 2 aliphatic heterocycles. The zero-order chi connectivity index (χ0) is 11.4. The maximum atomic E-state index is 11.9. The lowest BCUT2D eigenvalue weighted by Crippen LogP contribution is -2.43. The molecule has 2 saturated heterocycles.